The highest BCUT2D eigenvalue weighted by atomic mass is 32.1. The van der Waals surface area contributed by atoms with Crippen LogP contribution in [0.3, 0.4) is 0 Å². The summed E-state index contributed by atoms with van der Waals surface area (Å²) >= 11 is 1.55. The average Bonchev–Trinajstić information content (AvgIpc) is 2.89. The number of nitrogens with zero attached hydrogens (tertiary/aromatic N) is 1. The molecule has 0 fully saturated rings. The van der Waals surface area contributed by atoms with Crippen molar-refractivity contribution in [2.24, 2.45) is 0 Å². The van der Waals surface area contributed by atoms with Gasteiger partial charge < -0.3 is 5.32 Å². The second-order valence-corrected chi connectivity index (χ2v) is 5.84. The van der Waals surface area contributed by atoms with Crippen molar-refractivity contribution in [3.8, 4) is 0 Å². The Labute approximate surface area is 129 Å². The summed E-state index contributed by atoms with van der Waals surface area (Å²) in [5.41, 5.74) is 1.22. The van der Waals surface area contributed by atoms with Gasteiger partial charge in [-0.3, -0.25) is 4.79 Å². The van der Waals surface area contributed by atoms with E-state index in [0.717, 1.165) is 33.8 Å². The van der Waals surface area contributed by atoms with Crippen molar-refractivity contribution in [3.05, 3.63) is 58.6 Å². The molecule has 3 nitrogen and oxygen atoms in total. The van der Waals surface area contributed by atoms with Gasteiger partial charge in [0.1, 0.15) is 11.6 Å². The first kappa shape index (κ1) is 14.6. The Morgan fingerprint density at radius 3 is 2.77 bits per heavy atom. The van der Waals surface area contributed by atoms with Gasteiger partial charge in [0.25, 0.3) is 5.91 Å². The second-order valence-electron chi connectivity index (χ2n) is 4.72. The highest BCUT2D eigenvalue weighted by Gasteiger charge is 2.13. The molecule has 0 aliphatic rings. The number of amides is 1. The maximum atomic E-state index is 13.6. The van der Waals surface area contributed by atoms with E-state index in [-0.39, 0.29) is 5.56 Å². The van der Waals surface area contributed by atoms with Crippen molar-refractivity contribution in [3.63, 3.8) is 0 Å². The molecular formula is C16H12F2N2OS. The van der Waals surface area contributed by atoms with Gasteiger partial charge >= 0.3 is 0 Å². The predicted molar refractivity (Wildman–Crippen MR) is 83.3 cm³/mol. The standard InChI is InChI=1S/C16H12F2N2OS/c1-2-15-20-13-6-4-10(8-14(13)22-15)19-16(21)11-5-3-9(17)7-12(11)18/h3-8H,2H2,1H3,(H,19,21). The minimum atomic E-state index is -0.885. The van der Waals surface area contributed by atoms with Crippen LogP contribution in [0.5, 0.6) is 0 Å². The van der Waals surface area contributed by atoms with Crippen LogP contribution in [0.2, 0.25) is 0 Å². The smallest absolute Gasteiger partial charge is 0.258 e. The second kappa shape index (κ2) is 5.81. The topological polar surface area (TPSA) is 42.0 Å². The summed E-state index contributed by atoms with van der Waals surface area (Å²) in [7, 11) is 0. The van der Waals surface area contributed by atoms with Gasteiger partial charge in [-0.1, -0.05) is 6.92 Å². The minimum Gasteiger partial charge on any atom is -0.322 e. The highest BCUT2D eigenvalue weighted by molar-refractivity contribution is 7.18. The molecule has 1 amide bonds. The van der Waals surface area contributed by atoms with E-state index >= 15 is 0 Å². The number of anilines is 1. The summed E-state index contributed by atoms with van der Waals surface area (Å²) in [6.45, 7) is 2.03. The lowest BCUT2D eigenvalue weighted by Gasteiger charge is -2.06. The fourth-order valence-electron chi connectivity index (χ4n) is 2.07. The number of thiazole rings is 1. The van der Waals surface area contributed by atoms with Crippen molar-refractivity contribution < 1.29 is 13.6 Å². The van der Waals surface area contributed by atoms with Crippen LogP contribution >= 0.6 is 11.3 Å². The van der Waals surface area contributed by atoms with Gasteiger partial charge in [0.15, 0.2) is 0 Å². The molecule has 0 saturated carbocycles. The molecule has 0 aliphatic carbocycles. The minimum absolute atomic E-state index is 0.194. The van der Waals surface area contributed by atoms with Crippen molar-refractivity contribution >= 4 is 33.1 Å². The summed E-state index contributed by atoms with van der Waals surface area (Å²) in [5, 5.41) is 3.63. The number of hydrogen-bond acceptors (Lipinski definition) is 3. The fourth-order valence-corrected chi connectivity index (χ4v) is 3.02. The van der Waals surface area contributed by atoms with Crippen molar-refractivity contribution in [1.29, 1.82) is 0 Å². The largest absolute Gasteiger partial charge is 0.322 e. The van der Waals surface area contributed by atoms with E-state index in [1.165, 1.54) is 0 Å². The molecule has 3 aromatic rings. The van der Waals surface area contributed by atoms with E-state index in [2.05, 4.69) is 10.3 Å². The van der Waals surface area contributed by atoms with Crippen molar-refractivity contribution in [1.82, 2.24) is 4.98 Å². The van der Waals surface area contributed by atoms with E-state index in [4.69, 9.17) is 0 Å². The lowest BCUT2D eigenvalue weighted by molar-refractivity contribution is 0.102. The van der Waals surface area contributed by atoms with E-state index < -0.39 is 17.5 Å². The van der Waals surface area contributed by atoms with Crippen LogP contribution in [0.1, 0.15) is 22.3 Å². The van der Waals surface area contributed by atoms with Crippen LogP contribution < -0.4 is 5.32 Å². The van der Waals surface area contributed by atoms with E-state index in [9.17, 15) is 13.6 Å². The number of aromatic nitrogens is 1. The monoisotopic (exact) mass is 318 g/mol. The molecule has 0 saturated heterocycles. The van der Waals surface area contributed by atoms with Crippen LogP contribution in [-0.4, -0.2) is 10.9 Å². The molecule has 0 spiro atoms. The molecule has 6 heteroatoms. The van der Waals surface area contributed by atoms with Gasteiger partial charge in [0, 0.05) is 11.8 Å². The molecule has 0 bridgehead atoms. The van der Waals surface area contributed by atoms with E-state index in [0.29, 0.717) is 11.8 Å². The predicted octanol–water partition coefficient (Wildman–Crippen LogP) is 4.39. The number of fused-ring (bicyclic) bond motifs is 1. The number of carbonyl (C=O) groups is 1. The van der Waals surface area contributed by atoms with Gasteiger partial charge in [-0.05, 0) is 36.8 Å². The van der Waals surface area contributed by atoms with Crippen LogP contribution in [0.4, 0.5) is 14.5 Å². The van der Waals surface area contributed by atoms with Crippen LogP contribution in [-0.2, 0) is 6.42 Å². The number of hydrogen-bond donors (Lipinski definition) is 1. The van der Waals surface area contributed by atoms with Crippen molar-refractivity contribution in [2.45, 2.75) is 13.3 Å². The number of carbonyl (C=O) groups excluding carboxylic acids is 1. The highest BCUT2D eigenvalue weighted by Crippen LogP contribution is 2.26. The SMILES string of the molecule is CCc1nc2ccc(NC(=O)c3ccc(F)cc3F)cc2s1. The molecule has 22 heavy (non-hydrogen) atoms. The molecule has 1 heterocycles. The maximum absolute atomic E-state index is 13.6. The average molecular weight is 318 g/mol. The first-order valence-electron chi connectivity index (χ1n) is 6.72. The summed E-state index contributed by atoms with van der Waals surface area (Å²) in [4.78, 5) is 16.5. The lowest BCUT2D eigenvalue weighted by atomic mass is 10.2. The summed E-state index contributed by atoms with van der Waals surface area (Å²) in [5.74, 6) is -2.21. The van der Waals surface area contributed by atoms with Gasteiger partial charge in [0.2, 0.25) is 0 Å². The van der Waals surface area contributed by atoms with E-state index in [1.807, 2.05) is 13.0 Å². The zero-order valence-corrected chi connectivity index (χ0v) is 12.5. The Balaban J connectivity index is 1.87. The Kier molecular flexibility index (Phi) is 3.85. The molecular weight excluding hydrogens is 306 g/mol. The van der Waals surface area contributed by atoms with Crippen LogP contribution in [0, 0.1) is 11.6 Å². The number of halogens is 2. The molecule has 0 unspecified atom stereocenters. The van der Waals surface area contributed by atoms with E-state index in [1.54, 1.807) is 23.5 Å². The third kappa shape index (κ3) is 2.82. The molecule has 0 radical (unpaired) electrons. The van der Waals surface area contributed by atoms with Crippen molar-refractivity contribution in [2.75, 3.05) is 5.32 Å². The summed E-state index contributed by atoms with van der Waals surface area (Å²) in [6.07, 6.45) is 0.849. The fraction of sp³-hybridized carbons (Fsp3) is 0.125. The molecule has 0 atom stereocenters. The first-order valence-corrected chi connectivity index (χ1v) is 7.54. The quantitative estimate of drug-likeness (QED) is 0.778. The first-order chi connectivity index (χ1) is 10.6. The molecule has 1 N–H and O–H groups in total. The molecule has 3 rings (SSSR count). The molecule has 1 aromatic heterocycles. The van der Waals surface area contributed by atoms with Crippen LogP contribution in [0.25, 0.3) is 10.2 Å². The zero-order valence-electron chi connectivity index (χ0n) is 11.7. The third-order valence-electron chi connectivity index (χ3n) is 3.17. The van der Waals surface area contributed by atoms with Gasteiger partial charge in [-0.2, -0.15) is 0 Å². The summed E-state index contributed by atoms with van der Waals surface area (Å²) < 4.78 is 27.4. The third-order valence-corrected chi connectivity index (χ3v) is 4.33. The Morgan fingerprint density at radius 1 is 1.23 bits per heavy atom. The Morgan fingerprint density at radius 2 is 2.05 bits per heavy atom. The van der Waals surface area contributed by atoms with Crippen LogP contribution in [0.15, 0.2) is 36.4 Å². The maximum Gasteiger partial charge on any atom is 0.258 e. The lowest BCUT2D eigenvalue weighted by Crippen LogP contribution is -2.13. The normalized spacial score (nSPS) is 10.9. The number of benzene rings is 2. The zero-order chi connectivity index (χ0) is 15.7. The molecule has 2 aromatic carbocycles. The molecule has 0 aliphatic heterocycles. The molecule has 112 valence electrons. The number of rotatable bonds is 3. The van der Waals surface area contributed by atoms with Gasteiger partial charge in [0.05, 0.1) is 20.8 Å². The number of nitrogens with one attached hydrogen (secondary N) is 1. The van der Waals surface area contributed by atoms with Gasteiger partial charge in [-0.15, -0.1) is 11.3 Å². The Hall–Kier alpha value is -2.34. The number of aryl methyl sites for hydroxylation is 1. The van der Waals surface area contributed by atoms with Gasteiger partial charge in [-0.25, -0.2) is 13.8 Å². The summed E-state index contributed by atoms with van der Waals surface area (Å²) in [6, 6.07) is 8.18. The Bertz CT molecular complexity index is 860.